The molecule has 1 heterocycles. The van der Waals surface area contributed by atoms with Crippen molar-refractivity contribution in [3.05, 3.63) is 21.9 Å². The summed E-state index contributed by atoms with van der Waals surface area (Å²) >= 11 is 1.78. The van der Waals surface area contributed by atoms with E-state index in [0.717, 1.165) is 6.42 Å². The number of nitrogens with one attached hydrogen (secondary N) is 1. The Kier molecular flexibility index (Phi) is 5.15. The van der Waals surface area contributed by atoms with Crippen LogP contribution in [0.5, 0.6) is 0 Å². The van der Waals surface area contributed by atoms with Crippen molar-refractivity contribution in [2.24, 2.45) is 11.7 Å². The van der Waals surface area contributed by atoms with Crippen molar-refractivity contribution in [2.75, 3.05) is 0 Å². The van der Waals surface area contributed by atoms with Gasteiger partial charge in [0, 0.05) is 22.2 Å². The third kappa shape index (κ3) is 4.48. The van der Waals surface area contributed by atoms with Gasteiger partial charge in [-0.2, -0.15) is 0 Å². The van der Waals surface area contributed by atoms with Crippen molar-refractivity contribution < 1.29 is 4.79 Å². The van der Waals surface area contributed by atoms with E-state index in [-0.39, 0.29) is 17.9 Å². The van der Waals surface area contributed by atoms with Crippen LogP contribution in [0.1, 0.15) is 30.5 Å². The Morgan fingerprint density at radius 3 is 2.53 bits per heavy atom. The van der Waals surface area contributed by atoms with Crippen LogP contribution in [0.4, 0.5) is 0 Å². The maximum atomic E-state index is 11.8. The summed E-state index contributed by atoms with van der Waals surface area (Å²) in [6.07, 6.45) is 0.870. The highest BCUT2D eigenvalue weighted by Crippen LogP contribution is 2.16. The number of aryl methyl sites for hydroxylation is 1. The lowest BCUT2D eigenvalue weighted by atomic mass is 10.0. The number of nitrogens with two attached hydrogens (primary N) is 1. The molecule has 0 saturated heterocycles. The van der Waals surface area contributed by atoms with E-state index in [1.165, 1.54) is 9.75 Å². The highest BCUT2D eigenvalue weighted by atomic mass is 32.1. The molecule has 17 heavy (non-hydrogen) atoms. The normalized spacial score (nSPS) is 14.7. The third-order valence-corrected chi connectivity index (χ3v) is 3.74. The average molecular weight is 254 g/mol. The summed E-state index contributed by atoms with van der Waals surface area (Å²) in [5, 5.41) is 2.96. The van der Waals surface area contributed by atoms with E-state index >= 15 is 0 Å². The summed E-state index contributed by atoms with van der Waals surface area (Å²) in [4.78, 5) is 14.4. The first-order valence-corrected chi connectivity index (χ1v) is 6.83. The van der Waals surface area contributed by atoms with Crippen LogP contribution in [-0.4, -0.2) is 18.0 Å². The quantitative estimate of drug-likeness (QED) is 0.845. The standard InChI is InChI=1S/C13H22N2OS/c1-8(2)12(14)13(16)15-9(3)7-11-6-5-10(4)17-11/h5-6,8-9,12H,7,14H2,1-4H3,(H,15,16)/t9?,12-/m1/s1. The van der Waals surface area contributed by atoms with Crippen molar-refractivity contribution in [2.45, 2.75) is 46.2 Å². The highest BCUT2D eigenvalue weighted by Gasteiger charge is 2.18. The number of rotatable bonds is 5. The zero-order valence-electron chi connectivity index (χ0n) is 11.0. The molecule has 0 aliphatic rings. The Balaban J connectivity index is 2.44. The molecule has 0 spiro atoms. The van der Waals surface area contributed by atoms with Crippen LogP contribution in [0.3, 0.4) is 0 Å². The molecule has 1 amide bonds. The van der Waals surface area contributed by atoms with Gasteiger partial charge in [-0.05, 0) is 31.9 Å². The van der Waals surface area contributed by atoms with Crippen molar-refractivity contribution in [1.82, 2.24) is 5.32 Å². The van der Waals surface area contributed by atoms with Crippen LogP contribution in [-0.2, 0) is 11.2 Å². The Morgan fingerprint density at radius 2 is 2.06 bits per heavy atom. The van der Waals surface area contributed by atoms with Crippen molar-refractivity contribution in [1.29, 1.82) is 0 Å². The molecule has 4 heteroatoms. The first-order chi connectivity index (χ1) is 7.90. The van der Waals surface area contributed by atoms with E-state index in [0.29, 0.717) is 0 Å². The monoisotopic (exact) mass is 254 g/mol. The summed E-state index contributed by atoms with van der Waals surface area (Å²) in [6.45, 7) is 8.02. The van der Waals surface area contributed by atoms with Gasteiger partial charge in [0.05, 0.1) is 6.04 Å². The van der Waals surface area contributed by atoms with Crippen LogP contribution >= 0.6 is 11.3 Å². The summed E-state index contributed by atoms with van der Waals surface area (Å²) in [5.74, 6) is 0.118. The number of hydrogen-bond acceptors (Lipinski definition) is 3. The molecule has 1 aromatic heterocycles. The molecule has 0 radical (unpaired) electrons. The van der Waals surface area contributed by atoms with Crippen molar-refractivity contribution in [3.8, 4) is 0 Å². The largest absolute Gasteiger partial charge is 0.352 e. The molecule has 1 aromatic rings. The zero-order chi connectivity index (χ0) is 13.0. The van der Waals surface area contributed by atoms with E-state index in [9.17, 15) is 4.79 Å². The Bertz CT molecular complexity index is 373. The highest BCUT2D eigenvalue weighted by molar-refractivity contribution is 7.11. The van der Waals surface area contributed by atoms with Gasteiger partial charge in [0.25, 0.3) is 0 Å². The fourth-order valence-corrected chi connectivity index (χ4v) is 2.61. The van der Waals surface area contributed by atoms with Gasteiger partial charge in [-0.1, -0.05) is 13.8 Å². The van der Waals surface area contributed by atoms with E-state index in [1.54, 1.807) is 11.3 Å². The zero-order valence-corrected chi connectivity index (χ0v) is 11.8. The lowest BCUT2D eigenvalue weighted by molar-refractivity contribution is -0.123. The minimum Gasteiger partial charge on any atom is -0.352 e. The molecule has 2 atom stereocenters. The van der Waals surface area contributed by atoms with Crippen molar-refractivity contribution in [3.63, 3.8) is 0 Å². The number of hydrogen-bond donors (Lipinski definition) is 2. The number of thiophene rings is 1. The second-order valence-electron chi connectivity index (χ2n) is 4.90. The smallest absolute Gasteiger partial charge is 0.237 e. The molecule has 0 saturated carbocycles. The summed E-state index contributed by atoms with van der Waals surface area (Å²) in [7, 11) is 0. The lowest BCUT2D eigenvalue weighted by Crippen LogP contribution is -2.47. The van der Waals surface area contributed by atoms with E-state index in [2.05, 4.69) is 24.4 Å². The lowest BCUT2D eigenvalue weighted by Gasteiger charge is -2.19. The van der Waals surface area contributed by atoms with Gasteiger partial charge in [0.15, 0.2) is 0 Å². The average Bonchev–Trinajstić information content (AvgIpc) is 2.62. The molecule has 0 bridgehead atoms. The van der Waals surface area contributed by atoms with Gasteiger partial charge < -0.3 is 11.1 Å². The number of carbonyl (C=O) groups excluding carboxylic acids is 1. The summed E-state index contributed by atoms with van der Waals surface area (Å²) in [5.41, 5.74) is 5.80. The second-order valence-corrected chi connectivity index (χ2v) is 6.27. The minimum absolute atomic E-state index is 0.0548. The van der Waals surface area contributed by atoms with Crippen LogP contribution in [0.2, 0.25) is 0 Å². The fourth-order valence-electron chi connectivity index (χ4n) is 1.59. The maximum absolute atomic E-state index is 11.8. The van der Waals surface area contributed by atoms with Crippen LogP contribution < -0.4 is 11.1 Å². The van der Waals surface area contributed by atoms with Gasteiger partial charge >= 0.3 is 0 Å². The SMILES string of the molecule is Cc1ccc(CC(C)NC(=O)[C@H](N)C(C)C)s1. The molecule has 96 valence electrons. The predicted octanol–water partition coefficient (Wildman–Crippen LogP) is 2.09. The molecular formula is C13H22N2OS. The summed E-state index contributed by atoms with van der Waals surface area (Å²) in [6, 6.07) is 3.94. The Labute approximate surface area is 107 Å². The molecular weight excluding hydrogens is 232 g/mol. The fraction of sp³-hybridized carbons (Fsp3) is 0.615. The van der Waals surface area contributed by atoms with Gasteiger partial charge in [-0.3, -0.25) is 4.79 Å². The van der Waals surface area contributed by atoms with Crippen LogP contribution in [0.15, 0.2) is 12.1 Å². The Hall–Kier alpha value is -0.870. The maximum Gasteiger partial charge on any atom is 0.237 e. The molecule has 3 N–H and O–H groups in total. The second kappa shape index (κ2) is 6.17. The molecule has 3 nitrogen and oxygen atoms in total. The molecule has 1 rings (SSSR count). The first-order valence-electron chi connectivity index (χ1n) is 6.01. The van der Waals surface area contributed by atoms with Gasteiger partial charge in [-0.25, -0.2) is 0 Å². The van der Waals surface area contributed by atoms with E-state index in [4.69, 9.17) is 5.73 Å². The van der Waals surface area contributed by atoms with Gasteiger partial charge in [0.1, 0.15) is 0 Å². The molecule has 0 aliphatic carbocycles. The number of amides is 1. The predicted molar refractivity (Wildman–Crippen MR) is 73.2 cm³/mol. The van der Waals surface area contributed by atoms with Crippen LogP contribution in [0, 0.1) is 12.8 Å². The Morgan fingerprint density at radius 1 is 1.41 bits per heavy atom. The molecule has 0 aliphatic heterocycles. The van der Waals surface area contributed by atoms with E-state index in [1.807, 2.05) is 20.8 Å². The van der Waals surface area contributed by atoms with Crippen molar-refractivity contribution >= 4 is 17.2 Å². The van der Waals surface area contributed by atoms with Gasteiger partial charge in [0.2, 0.25) is 5.91 Å². The molecule has 0 aromatic carbocycles. The van der Waals surface area contributed by atoms with E-state index < -0.39 is 6.04 Å². The third-order valence-electron chi connectivity index (χ3n) is 2.71. The first kappa shape index (κ1) is 14.2. The molecule has 1 unspecified atom stereocenters. The minimum atomic E-state index is -0.414. The van der Waals surface area contributed by atoms with Crippen LogP contribution in [0.25, 0.3) is 0 Å². The van der Waals surface area contributed by atoms with Gasteiger partial charge in [-0.15, -0.1) is 11.3 Å². The summed E-state index contributed by atoms with van der Waals surface area (Å²) < 4.78 is 0. The molecule has 0 fully saturated rings. The number of carbonyl (C=O) groups is 1. The topological polar surface area (TPSA) is 55.1 Å².